The quantitative estimate of drug-likeness (QED) is 0.724. The van der Waals surface area contributed by atoms with Crippen molar-refractivity contribution >= 4 is 5.97 Å². The van der Waals surface area contributed by atoms with Crippen LogP contribution < -0.4 is 0 Å². The van der Waals surface area contributed by atoms with Crippen LogP contribution in [0.25, 0.3) is 0 Å². The Balaban J connectivity index is 2.46. The summed E-state index contributed by atoms with van der Waals surface area (Å²) in [6.07, 6.45) is 5.05. The van der Waals surface area contributed by atoms with E-state index in [1.54, 1.807) is 0 Å². The van der Waals surface area contributed by atoms with E-state index in [-0.39, 0.29) is 11.8 Å². The molecule has 0 aliphatic carbocycles. The highest BCUT2D eigenvalue weighted by Crippen LogP contribution is 2.40. The minimum Gasteiger partial charge on any atom is -0.481 e. The van der Waals surface area contributed by atoms with Crippen molar-refractivity contribution in [3.8, 4) is 0 Å². The number of hydrogen-bond acceptors (Lipinski definition) is 2. The van der Waals surface area contributed by atoms with Crippen LogP contribution in [0.3, 0.4) is 0 Å². The van der Waals surface area contributed by atoms with E-state index in [1.165, 1.54) is 25.7 Å². The summed E-state index contributed by atoms with van der Waals surface area (Å²) >= 11 is 0. The Morgan fingerprint density at radius 3 is 2.06 bits per heavy atom. The molecule has 1 N–H and O–H groups in total. The van der Waals surface area contributed by atoms with E-state index in [1.807, 2.05) is 13.8 Å². The van der Waals surface area contributed by atoms with Crippen molar-refractivity contribution in [3.05, 3.63) is 0 Å². The molecule has 1 saturated heterocycles. The molecule has 3 heteroatoms. The topological polar surface area (TPSA) is 40.5 Å². The van der Waals surface area contributed by atoms with Gasteiger partial charge in [-0.25, -0.2) is 0 Å². The zero-order valence-corrected chi connectivity index (χ0v) is 12.4. The van der Waals surface area contributed by atoms with Crippen LogP contribution >= 0.6 is 0 Å². The molecule has 0 aromatic rings. The fraction of sp³-hybridized carbons (Fsp3) is 0.933. The van der Waals surface area contributed by atoms with Crippen molar-refractivity contribution in [3.63, 3.8) is 0 Å². The second-order valence-electron chi connectivity index (χ2n) is 6.36. The summed E-state index contributed by atoms with van der Waals surface area (Å²) in [5, 5.41) is 9.22. The van der Waals surface area contributed by atoms with Gasteiger partial charge in [0.2, 0.25) is 0 Å². The van der Waals surface area contributed by atoms with Crippen LogP contribution in [0.5, 0.6) is 0 Å². The molecular formula is C15H29NO2. The Labute approximate surface area is 112 Å². The average molecular weight is 255 g/mol. The van der Waals surface area contributed by atoms with E-state index >= 15 is 0 Å². The van der Waals surface area contributed by atoms with E-state index in [2.05, 4.69) is 18.7 Å². The van der Waals surface area contributed by atoms with Crippen LogP contribution in [0.1, 0.15) is 53.4 Å². The first-order valence-electron chi connectivity index (χ1n) is 7.39. The number of aliphatic carboxylic acids is 1. The fourth-order valence-corrected chi connectivity index (χ4v) is 3.39. The van der Waals surface area contributed by atoms with Crippen LogP contribution in [0.4, 0.5) is 0 Å². The van der Waals surface area contributed by atoms with Gasteiger partial charge in [0.15, 0.2) is 0 Å². The van der Waals surface area contributed by atoms with Gasteiger partial charge >= 0.3 is 5.97 Å². The first kappa shape index (κ1) is 15.5. The Morgan fingerprint density at radius 2 is 1.72 bits per heavy atom. The third-order valence-electron chi connectivity index (χ3n) is 4.26. The van der Waals surface area contributed by atoms with Crippen LogP contribution in [-0.2, 0) is 4.79 Å². The standard InChI is InChI=1S/C15H29NO2/c1-5-7-15(8-6-2)10-16(11-15)9-13(12(3)4)14(17)18/h12-13H,5-11H2,1-4H3,(H,17,18). The first-order valence-corrected chi connectivity index (χ1v) is 7.39. The molecular weight excluding hydrogens is 226 g/mol. The molecule has 0 amide bonds. The van der Waals surface area contributed by atoms with E-state index in [0.29, 0.717) is 5.41 Å². The predicted molar refractivity (Wildman–Crippen MR) is 74.7 cm³/mol. The summed E-state index contributed by atoms with van der Waals surface area (Å²) in [6, 6.07) is 0. The monoisotopic (exact) mass is 255 g/mol. The SMILES string of the molecule is CCCC1(CCC)CN(CC(C(=O)O)C(C)C)C1. The number of hydrogen-bond donors (Lipinski definition) is 1. The second-order valence-corrected chi connectivity index (χ2v) is 6.36. The van der Waals surface area contributed by atoms with Gasteiger partial charge in [0, 0.05) is 19.6 Å². The minimum absolute atomic E-state index is 0.216. The molecule has 1 aliphatic heterocycles. The number of nitrogens with zero attached hydrogens (tertiary/aromatic N) is 1. The van der Waals surface area contributed by atoms with Crippen molar-refractivity contribution in [2.24, 2.45) is 17.3 Å². The molecule has 1 rings (SSSR count). The molecule has 0 aromatic heterocycles. The highest BCUT2D eigenvalue weighted by molar-refractivity contribution is 5.70. The number of carbonyl (C=O) groups is 1. The van der Waals surface area contributed by atoms with E-state index in [4.69, 9.17) is 0 Å². The van der Waals surface area contributed by atoms with E-state index in [9.17, 15) is 9.90 Å². The highest BCUT2D eigenvalue weighted by atomic mass is 16.4. The van der Waals surface area contributed by atoms with Gasteiger partial charge in [0.05, 0.1) is 5.92 Å². The zero-order chi connectivity index (χ0) is 13.8. The third-order valence-corrected chi connectivity index (χ3v) is 4.26. The lowest BCUT2D eigenvalue weighted by molar-refractivity contribution is -0.146. The van der Waals surface area contributed by atoms with Gasteiger partial charge in [-0.3, -0.25) is 4.79 Å². The molecule has 18 heavy (non-hydrogen) atoms. The van der Waals surface area contributed by atoms with Crippen molar-refractivity contribution in [1.29, 1.82) is 0 Å². The number of likely N-dealkylation sites (tertiary alicyclic amines) is 1. The molecule has 1 fully saturated rings. The third kappa shape index (κ3) is 3.71. The smallest absolute Gasteiger partial charge is 0.308 e. The summed E-state index contributed by atoms with van der Waals surface area (Å²) in [4.78, 5) is 13.5. The van der Waals surface area contributed by atoms with Gasteiger partial charge in [-0.15, -0.1) is 0 Å². The molecule has 1 heterocycles. The maximum absolute atomic E-state index is 11.2. The highest BCUT2D eigenvalue weighted by Gasteiger charge is 2.42. The Morgan fingerprint density at radius 1 is 1.22 bits per heavy atom. The van der Waals surface area contributed by atoms with Crippen LogP contribution in [0.15, 0.2) is 0 Å². The number of rotatable bonds is 8. The van der Waals surface area contributed by atoms with Gasteiger partial charge in [0.1, 0.15) is 0 Å². The molecule has 1 unspecified atom stereocenters. The normalized spacial score (nSPS) is 20.7. The molecule has 0 saturated carbocycles. The van der Waals surface area contributed by atoms with Crippen LogP contribution in [0, 0.1) is 17.3 Å². The van der Waals surface area contributed by atoms with E-state index in [0.717, 1.165) is 19.6 Å². The van der Waals surface area contributed by atoms with Crippen LogP contribution in [0.2, 0.25) is 0 Å². The fourth-order valence-electron chi connectivity index (χ4n) is 3.39. The largest absolute Gasteiger partial charge is 0.481 e. The molecule has 1 aliphatic rings. The number of carboxylic acids is 1. The average Bonchev–Trinajstić information content (AvgIpc) is 2.22. The lowest BCUT2D eigenvalue weighted by Gasteiger charge is -2.51. The van der Waals surface area contributed by atoms with Gasteiger partial charge in [-0.2, -0.15) is 0 Å². The lowest BCUT2D eigenvalue weighted by Crippen LogP contribution is -2.58. The van der Waals surface area contributed by atoms with Gasteiger partial charge in [0.25, 0.3) is 0 Å². The molecule has 0 aromatic carbocycles. The Bertz CT molecular complexity index is 262. The molecule has 3 nitrogen and oxygen atoms in total. The molecule has 106 valence electrons. The summed E-state index contributed by atoms with van der Waals surface area (Å²) in [5.74, 6) is -0.644. The second kappa shape index (κ2) is 6.55. The predicted octanol–water partition coefficient (Wildman–Crippen LogP) is 3.25. The molecule has 0 radical (unpaired) electrons. The van der Waals surface area contributed by atoms with Crippen molar-refractivity contribution < 1.29 is 9.90 Å². The van der Waals surface area contributed by atoms with Gasteiger partial charge < -0.3 is 10.0 Å². The van der Waals surface area contributed by atoms with Crippen molar-refractivity contribution in [1.82, 2.24) is 4.90 Å². The summed E-state index contributed by atoms with van der Waals surface area (Å²) in [5.41, 5.74) is 0.490. The lowest BCUT2D eigenvalue weighted by atomic mass is 9.72. The van der Waals surface area contributed by atoms with Crippen molar-refractivity contribution in [2.75, 3.05) is 19.6 Å². The summed E-state index contributed by atoms with van der Waals surface area (Å²) < 4.78 is 0. The Hall–Kier alpha value is -0.570. The molecule has 1 atom stereocenters. The van der Waals surface area contributed by atoms with Crippen molar-refractivity contribution in [2.45, 2.75) is 53.4 Å². The first-order chi connectivity index (χ1) is 8.44. The molecule has 0 bridgehead atoms. The van der Waals surface area contributed by atoms with Gasteiger partial charge in [-0.05, 0) is 24.2 Å². The maximum Gasteiger partial charge on any atom is 0.308 e. The van der Waals surface area contributed by atoms with Crippen LogP contribution in [-0.4, -0.2) is 35.6 Å². The molecule has 0 spiro atoms. The minimum atomic E-state index is -0.645. The van der Waals surface area contributed by atoms with E-state index < -0.39 is 5.97 Å². The summed E-state index contributed by atoms with van der Waals surface area (Å²) in [7, 11) is 0. The maximum atomic E-state index is 11.2. The summed E-state index contributed by atoms with van der Waals surface area (Å²) in [6.45, 7) is 11.4. The van der Waals surface area contributed by atoms with Gasteiger partial charge in [-0.1, -0.05) is 40.5 Å². The Kier molecular flexibility index (Phi) is 5.64. The number of carboxylic acid groups (broad SMARTS) is 1. The zero-order valence-electron chi connectivity index (χ0n) is 12.4.